The number of fused-ring (bicyclic) bond motifs is 1. The van der Waals surface area contributed by atoms with Gasteiger partial charge in [-0.15, -0.1) is 0 Å². The molecule has 8 nitrogen and oxygen atoms in total. The fourth-order valence-electron chi connectivity index (χ4n) is 5.58. The second kappa shape index (κ2) is 7.71. The van der Waals surface area contributed by atoms with Crippen LogP contribution in [0.1, 0.15) is 43.7 Å². The summed E-state index contributed by atoms with van der Waals surface area (Å²) < 4.78 is 9.31. The number of pyridine rings is 2. The highest BCUT2D eigenvalue weighted by atomic mass is 16.5. The topological polar surface area (TPSA) is 98.1 Å². The van der Waals surface area contributed by atoms with Gasteiger partial charge in [0.05, 0.1) is 6.20 Å². The van der Waals surface area contributed by atoms with E-state index in [4.69, 9.17) is 4.74 Å². The number of benzene rings is 1. The maximum atomic E-state index is 13.0. The first-order chi connectivity index (χ1) is 17.1. The summed E-state index contributed by atoms with van der Waals surface area (Å²) in [6.45, 7) is 3.94. The van der Waals surface area contributed by atoms with Gasteiger partial charge in [0.1, 0.15) is 17.0 Å². The first kappa shape index (κ1) is 22.4. The number of ether oxygens (including phenoxy) is 1. The molecule has 4 aromatic rings. The van der Waals surface area contributed by atoms with E-state index < -0.39 is 0 Å². The lowest BCUT2D eigenvalue weighted by atomic mass is 9.50. The number of hydrogen-bond acceptors (Lipinski definition) is 4. The number of aryl methyl sites for hydroxylation is 4. The molecule has 1 amide bonds. The van der Waals surface area contributed by atoms with Gasteiger partial charge in [0.25, 0.3) is 17.0 Å². The number of carbonyl (C=O) groups is 1. The van der Waals surface area contributed by atoms with E-state index in [0.29, 0.717) is 39.2 Å². The predicted octanol–water partition coefficient (Wildman–Crippen LogP) is 4.42. The quantitative estimate of drug-likeness (QED) is 0.435. The predicted molar refractivity (Wildman–Crippen MR) is 142 cm³/mol. The lowest BCUT2D eigenvalue weighted by Gasteiger charge is -2.61. The molecular weight excluding hydrogens is 456 g/mol. The molecule has 3 aliphatic carbocycles. The highest BCUT2D eigenvalue weighted by Crippen LogP contribution is 2.57. The molecule has 0 spiro atoms. The maximum absolute atomic E-state index is 13.0. The molecule has 7 rings (SSSR count). The lowest BCUT2D eigenvalue weighted by Crippen LogP contribution is -2.68. The van der Waals surface area contributed by atoms with Gasteiger partial charge in [0, 0.05) is 51.3 Å². The summed E-state index contributed by atoms with van der Waals surface area (Å²) in [7, 11) is 3.32. The number of para-hydroxylation sites is 1. The average molecular weight is 489 g/mol. The highest BCUT2D eigenvalue weighted by molar-refractivity contribution is 6.03. The van der Waals surface area contributed by atoms with Gasteiger partial charge in [0.2, 0.25) is 0 Å². The standard InChI is InChI=1S/C28H28N4O4.2H2/c1-15-6-5-7-16(2)25(15)36-22-14-31(3)23(33)9-18(22)20-13-32(4)27(35)24-19(20)8-21(29-24)26(34)30-28-10-17(11-28)12-28;;/h5-9,13-14,17,29H,10-12H2,1-4H3,(H,30,34);2*1H. The maximum Gasteiger partial charge on any atom is 0.274 e. The highest BCUT2D eigenvalue weighted by Gasteiger charge is 2.57. The van der Waals surface area contributed by atoms with E-state index in [-0.39, 0.29) is 25.4 Å². The number of nitrogens with zero attached hydrogens (tertiary/aromatic N) is 2. The van der Waals surface area contributed by atoms with Gasteiger partial charge >= 0.3 is 0 Å². The van der Waals surface area contributed by atoms with Crippen molar-refractivity contribution in [1.82, 2.24) is 19.4 Å². The molecule has 36 heavy (non-hydrogen) atoms. The first-order valence-electron chi connectivity index (χ1n) is 12.1. The molecule has 2 N–H and O–H groups in total. The normalized spacial score (nSPS) is 20.1. The molecule has 3 aliphatic rings. The molecule has 8 heteroatoms. The van der Waals surface area contributed by atoms with E-state index in [1.807, 2.05) is 32.0 Å². The molecule has 0 aliphatic heterocycles. The number of aromatic amines is 1. The van der Waals surface area contributed by atoms with Crippen molar-refractivity contribution in [2.24, 2.45) is 20.0 Å². The number of H-pyrrole nitrogens is 1. The van der Waals surface area contributed by atoms with Crippen LogP contribution in [-0.4, -0.2) is 25.6 Å². The van der Waals surface area contributed by atoms with E-state index in [1.54, 1.807) is 32.6 Å². The molecule has 3 saturated carbocycles. The number of aromatic nitrogens is 3. The van der Waals surface area contributed by atoms with Crippen LogP contribution < -0.4 is 21.2 Å². The van der Waals surface area contributed by atoms with Crippen molar-refractivity contribution in [1.29, 1.82) is 0 Å². The molecule has 2 bridgehead atoms. The Hall–Kier alpha value is -4.07. The van der Waals surface area contributed by atoms with Crippen LogP contribution in [0.25, 0.3) is 22.0 Å². The van der Waals surface area contributed by atoms with Crippen molar-refractivity contribution >= 4 is 16.8 Å². The monoisotopic (exact) mass is 488 g/mol. The molecule has 0 atom stereocenters. The summed E-state index contributed by atoms with van der Waals surface area (Å²) >= 11 is 0. The molecule has 0 unspecified atom stereocenters. The summed E-state index contributed by atoms with van der Waals surface area (Å²) in [6, 6.07) is 9.12. The second-order valence-corrected chi connectivity index (χ2v) is 10.5. The van der Waals surface area contributed by atoms with Gasteiger partial charge in [-0.05, 0) is 56.2 Å². The zero-order valence-electron chi connectivity index (χ0n) is 20.8. The molecular formula is C28H32N4O4. The van der Waals surface area contributed by atoms with Crippen LogP contribution in [0.15, 0.2) is 52.3 Å². The molecule has 1 aromatic carbocycles. The Labute approximate surface area is 210 Å². The van der Waals surface area contributed by atoms with E-state index >= 15 is 0 Å². The van der Waals surface area contributed by atoms with Gasteiger partial charge in [-0.25, -0.2) is 0 Å². The minimum absolute atomic E-state index is 0. The molecule has 3 aromatic heterocycles. The Bertz CT molecular complexity index is 1660. The third kappa shape index (κ3) is 3.39. The second-order valence-electron chi connectivity index (χ2n) is 10.5. The van der Waals surface area contributed by atoms with Crippen molar-refractivity contribution in [3.05, 3.63) is 80.3 Å². The molecule has 0 radical (unpaired) electrons. The molecule has 3 heterocycles. The van der Waals surface area contributed by atoms with Crippen LogP contribution in [0.2, 0.25) is 0 Å². The van der Waals surface area contributed by atoms with E-state index in [9.17, 15) is 14.4 Å². The van der Waals surface area contributed by atoms with Crippen molar-refractivity contribution in [2.45, 2.75) is 38.6 Å². The number of rotatable bonds is 5. The largest absolute Gasteiger partial charge is 0.455 e. The SMILES string of the molecule is Cc1cccc(C)c1Oc1cn(C)c(=O)cc1-c1cn(C)c(=O)c2[nH]c(C(=O)NC34CC(C3)C4)cc12.[HH].[HH]. The minimum Gasteiger partial charge on any atom is -0.455 e. The number of amides is 1. The van der Waals surface area contributed by atoms with Crippen LogP contribution in [0.5, 0.6) is 11.5 Å². The summed E-state index contributed by atoms with van der Waals surface area (Å²) in [5.41, 5.74) is 3.22. The Morgan fingerprint density at radius 1 is 1.06 bits per heavy atom. The van der Waals surface area contributed by atoms with Crippen LogP contribution in [-0.2, 0) is 14.1 Å². The number of hydrogen-bond donors (Lipinski definition) is 2. The number of nitrogens with one attached hydrogen (secondary N) is 2. The van der Waals surface area contributed by atoms with Crippen molar-refractivity contribution in [3.63, 3.8) is 0 Å². The Kier molecular flexibility index (Phi) is 4.80. The van der Waals surface area contributed by atoms with Crippen LogP contribution >= 0.6 is 0 Å². The third-order valence-electron chi connectivity index (χ3n) is 7.73. The summed E-state index contributed by atoms with van der Waals surface area (Å²) in [4.78, 5) is 41.8. The average Bonchev–Trinajstić information content (AvgIpc) is 3.23. The third-order valence-corrected chi connectivity index (χ3v) is 7.73. The first-order valence-corrected chi connectivity index (χ1v) is 12.1. The molecule has 188 valence electrons. The van der Waals surface area contributed by atoms with Crippen LogP contribution in [0.4, 0.5) is 0 Å². The van der Waals surface area contributed by atoms with Crippen LogP contribution in [0.3, 0.4) is 0 Å². The zero-order valence-corrected chi connectivity index (χ0v) is 20.8. The van der Waals surface area contributed by atoms with Gasteiger partial charge in [-0.2, -0.15) is 0 Å². The summed E-state index contributed by atoms with van der Waals surface area (Å²) in [6.07, 6.45) is 6.42. The fourth-order valence-corrected chi connectivity index (χ4v) is 5.58. The molecule has 0 saturated heterocycles. The van der Waals surface area contributed by atoms with E-state index in [1.165, 1.54) is 15.2 Å². The van der Waals surface area contributed by atoms with Crippen molar-refractivity contribution in [2.75, 3.05) is 0 Å². The lowest BCUT2D eigenvalue weighted by molar-refractivity contribution is -0.0439. The zero-order chi connectivity index (χ0) is 25.4. The van der Waals surface area contributed by atoms with Crippen LogP contribution in [0, 0.1) is 19.8 Å². The minimum atomic E-state index is -0.251. The molecule has 3 fully saturated rings. The van der Waals surface area contributed by atoms with E-state index in [2.05, 4.69) is 10.3 Å². The van der Waals surface area contributed by atoms with Gasteiger partial charge in [0.15, 0.2) is 5.75 Å². The van der Waals surface area contributed by atoms with Crippen molar-refractivity contribution < 1.29 is 12.4 Å². The Morgan fingerprint density at radius 2 is 1.75 bits per heavy atom. The fraction of sp³-hybridized carbons (Fsp3) is 0.321. The smallest absolute Gasteiger partial charge is 0.274 e. The van der Waals surface area contributed by atoms with Crippen molar-refractivity contribution in [3.8, 4) is 22.6 Å². The summed E-state index contributed by atoms with van der Waals surface area (Å²) in [5, 5.41) is 3.72. The number of carbonyl (C=O) groups excluding carboxylic acids is 1. The van der Waals surface area contributed by atoms with E-state index in [0.717, 1.165) is 36.3 Å². The Morgan fingerprint density at radius 3 is 2.39 bits per heavy atom. The summed E-state index contributed by atoms with van der Waals surface area (Å²) in [5.74, 6) is 1.72. The van der Waals surface area contributed by atoms with Gasteiger partial charge < -0.3 is 24.2 Å². The van der Waals surface area contributed by atoms with Gasteiger partial charge in [-0.3, -0.25) is 14.4 Å². The van der Waals surface area contributed by atoms with Gasteiger partial charge in [-0.1, -0.05) is 18.2 Å². The Balaban J connectivity index is 0.00000168.